The second-order valence-corrected chi connectivity index (χ2v) is 7.14. The quantitative estimate of drug-likeness (QED) is 0.613. The largest absolute Gasteiger partial charge is 0.465 e. The summed E-state index contributed by atoms with van der Waals surface area (Å²) in [5, 5.41) is 7.43. The number of carbonyl (C=O) groups is 1. The van der Waals surface area contributed by atoms with Gasteiger partial charge in [0.15, 0.2) is 5.11 Å². The molecule has 1 aromatic carbocycles. The van der Waals surface area contributed by atoms with Gasteiger partial charge in [0.1, 0.15) is 5.00 Å². The van der Waals surface area contributed by atoms with Crippen molar-refractivity contribution in [1.29, 1.82) is 0 Å². The predicted molar refractivity (Wildman–Crippen MR) is 104 cm³/mol. The average Bonchev–Trinajstić information content (AvgIpc) is 3.30. The molecule has 1 saturated heterocycles. The molecule has 0 bridgehead atoms. The average molecular weight is 377 g/mol. The highest BCUT2D eigenvalue weighted by Crippen LogP contribution is 2.35. The second-order valence-electron chi connectivity index (χ2n) is 5.68. The van der Waals surface area contributed by atoms with Crippen molar-refractivity contribution < 1.29 is 14.3 Å². The molecule has 1 fully saturated rings. The predicted octanol–water partition coefficient (Wildman–Crippen LogP) is 3.67. The fourth-order valence-corrected chi connectivity index (χ4v) is 3.96. The van der Waals surface area contributed by atoms with Crippen molar-refractivity contribution >= 4 is 39.6 Å². The number of nitrogens with one attached hydrogen (secondary N) is 2. The number of thiophene rings is 1. The van der Waals surface area contributed by atoms with Crippen LogP contribution in [0.4, 0.5) is 5.00 Å². The second kappa shape index (κ2) is 8.42. The first-order valence-electron chi connectivity index (χ1n) is 8.11. The van der Waals surface area contributed by atoms with Crippen molar-refractivity contribution in [2.24, 2.45) is 0 Å². The van der Waals surface area contributed by atoms with Crippen LogP contribution in [0.1, 0.15) is 23.2 Å². The Kier molecular flexibility index (Phi) is 6.01. The molecule has 0 unspecified atom stereocenters. The Hall–Kier alpha value is -1.96. The maximum atomic E-state index is 12.1. The highest BCUT2D eigenvalue weighted by atomic mass is 32.1. The van der Waals surface area contributed by atoms with E-state index in [0.717, 1.165) is 29.9 Å². The van der Waals surface area contributed by atoms with Crippen LogP contribution >= 0.6 is 23.6 Å². The molecule has 5 nitrogen and oxygen atoms in total. The van der Waals surface area contributed by atoms with Crippen molar-refractivity contribution in [3.05, 3.63) is 42.0 Å². The van der Waals surface area contributed by atoms with Crippen molar-refractivity contribution in [2.75, 3.05) is 25.6 Å². The minimum absolute atomic E-state index is 0.197. The third kappa shape index (κ3) is 4.56. The van der Waals surface area contributed by atoms with Crippen LogP contribution < -0.4 is 10.6 Å². The van der Waals surface area contributed by atoms with Crippen LogP contribution in [0.5, 0.6) is 0 Å². The van der Waals surface area contributed by atoms with E-state index in [0.29, 0.717) is 22.2 Å². The number of hydrogen-bond donors (Lipinski definition) is 2. The molecule has 0 radical (unpaired) electrons. The lowest BCUT2D eigenvalue weighted by atomic mass is 10.1. The molecule has 0 aliphatic carbocycles. The number of esters is 1. The third-order valence-electron chi connectivity index (χ3n) is 3.94. The normalized spacial score (nSPS) is 16.4. The molecule has 132 valence electrons. The fraction of sp³-hybridized carbons (Fsp3) is 0.333. The van der Waals surface area contributed by atoms with Gasteiger partial charge in [0.25, 0.3) is 0 Å². The maximum absolute atomic E-state index is 12.1. The summed E-state index contributed by atoms with van der Waals surface area (Å²) in [4.78, 5) is 13.1. The van der Waals surface area contributed by atoms with Crippen LogP contribution in [0.2, 0.25) is 0 Å². The molecule has 0 amide bonds. The standard InChI is InChI=1S/C18H20N2O3S2/c1-22-17(21)14-10-15(12-6-3-2-4-7-12)25-16(14)20-18(24)19-11-13-8-5-9-23-13/h2-4,6-7,10,13H,5,8-9,11H2,1H3,(H2,19,20,24)/t13-/m0/s1. The summed E-state index contributed by atoms with van der Waals surface area (Å²) in [7, 11) is 1.37. The Morgan fingerprint density at radius 1 is 1.40 bits per heavy atom. The lowest BCUT2D eigenvalue weighted by Gasteiger charge is -2.13. The summed E-state index contributed by atoms with van der Waals surface area (Å²) in [6.45, 7) is 1.47. The smallest absolute Gasteiger partial charge is 0.340 e. The Bertz CT molecular complexity index is 740. The lowest BCUT2D eigenvalue weighted by molar-refractivity contribution is 0.0602. The summed E-state index contributed by atoms with van der Waals surface area (Å²) in [6.07, 6.45) is 2.33. The number of ether oxygens (including phenoxy) is 2. The van der Waals surface area contributed by atoms with Crippen LogP contribution in [0.3, 0.4) is 0 Å². The number of thiocarbonyl (C=S) groups is 1. The Morgan fingerprint density at radius 3 is 2.88 bits per heavy atom. The summed E-state index contributed by atoms with van der Waals surface area (Å²) >= 11 is 6.83. The molecule has 25 heavy (non-hydrogen) atoms. The van der Waals surface area contributed by atoms with Crippen LogP contribution in [0.15, 0.2) is 36.4 Å². The van der Waals surface area contributed by atoms with E-state index in [-0.39, 0.29) is 12.1 Å². The Morgan fingerprint density at radius 2 is 2.20 bits per heavy atom. The molecule has 1 atom stereocenters. The highest BCUT2D eigenvalue weighted by molar-refractivity contribution is 7.80. The first-order valence-corrected chi connectivity index (χ1v) is 9.34. The minimum Gasteiger partial charge on any atom is -0.465 e. The van der Waals surface area contributed by atoms with Crippen molar-refractivity contribution in [2.45, 2.75) is 18.9 Å². The van der Waals surface area contributed by atoms with Crippen LogP contribution in [-0.4, -0.2) is 37.4 Å². The van der Waals surface area contributed by atoms with E-state index in [1.165, 1.54) is 18.4 Å². The first-order chi connectivity index (χ1) is 12.2. The maximum Gasteiger partial charge on any atom is 0.340 e. The molecular weight excluding hydrogens is 356 g/mol. The van der Waals surface area contributed by atoms with Gasteiger partial charge in [0.2, 0.25) is 0 Å². The van der Waals surface area contributed by atoms with Gasteiger partial charge in [-0.05, 0) is 36.7 Å². The summed E-state index contributed by atoms with van der Waals surface area (Å²) in [6, 6.07) is 11.7. The molecule has 0 saturated carbocycles. The summed E-state index contributed by atoms with van der Waals surface area (Å²) < 4.78 is 10.5. The number of hydrogen-bond acceptors (Lipinski definition) is 5. The summed E-state index contributed by atoms with van der Waals surface area (Å²) in [5.41, 5.74) is 1.52. The number of benzene rings is 1. The van der Waals surface area contributed by atoms with Crippen LogP contribution in [-0.2, 0) is 9.47 Å². The van der Waals surface area contributed by atoms with Crippen molar-refractivity contribution in [3.63, 3.8) is 0 Å². The molecular formula is C18H20N2O3S2. The molecule has 0 spiro atoms. The topological polar surface area (TPSA) is 59.6 Å². The monoisotopic (exact) mass is 376 g/mol. The molecule has 2 N–H and O–H groups in total. The summed E-state index contributed by atoms with van der Waals surface area (Å²) in [5.74, 6) is -0.386. The zero-order chi connectivity index (χ0) is 17.6. The Labute approximate surface area is 156 Å². The van der Waals surface area contributed by atoms with E-state index >= 15 is 0 Å². The number of methoxy groups -OCH3 is 1. The van der Waals surface area contributed by atoms with Gasteiger partial charge in [-0.15, -0.1) is 11.3 Å². The van der Waals surface area contributed by atoms with Crippen molar-refractivity contribution in [3.8, 4) is 10.4 Å². The highest BCUT2D eigenvalue weighted by Gasteiger charge is 2.19. The first kappa shape index (κ1) is 17.8. The fourth-order valence-electron chi connectivity index (χ4n) is 2.65. The van der Waals surface area contributed by atoms with E-state index < -0.39 is 0 Å². The van der Waals surface area contributed by atoms with E-state index in [2.05, 4.69) is 10.6 Å². The van der Waals surface area contributed by atoms with E-state index in [9.17, 15) is 4.79 Å². The van der Waals surface area contributed by atoms with Gasteiger partial charge >= 0.3 is 5.97 Å². The zero-order valence-corrected chi connectivity index (χ0v) is 15.5. The SMILES string of the molecule is COC(=O)c1cc(-c2ccccc2)sc1NC(=S)NC[C@@H]1CCCO1. The molecule has 1 aliphatic heterocycles. The van der Waals surface area contributed by atoms with E-state index in [4.69, 9.17) is 21.7 Å². The van der Waals surface area contributed by atoms with Gasteiger partial charge in [-0.3, -0.25) is 0 Å². The molecule has 2 aromatic rings. The molecule has 1 aromatic heterocycles. The van der Waals surface area contributed by atoms with E-state index in [1.807, 2.05) is 36.4 Å². The zero-order valence-electron chi connectivity index (χ0n) is 13.9. The van der Waals surface area contributed by atoms with Gasteiger partial charge in [-0.1, -0.05) is 30.3 Å². The third-order valence-corrected chi connectivity index (χ3v) is 5.28. The molecule has 3 rings (SSSR count). The van der Waals surface area contributed by atoms with Crippen LogP contribution in [0, 0.1) is 0 Å². The Balaban J connectivity index is 1.73. The van der Waals surface area contributed by atoms with E-state index in [1.54, 1.807) is 0 Å². The number of carbonyl (C=O) groups excluding carboxylic acids is 1. The molecule has 7 heteroatoms. The lowest BCUT2D eigenvalue weighted by Crippen LogP contribution is -2.34. The molecule has 1 aliphatic rings. The molecule has 2 heterocycles. The van der Waals surface area contributed by atoms with Crippen LogP contribution in [0.25, 0.3) is 10.4 Å². The van der Waals surface area contributed by atoms with Gasteiger partial charge in [-0.25, -0.2) is 4.79 Å². The van der Waals surface area contributed by atoms with Gasteiger partial charge in [0, 0.05) is 18.0 Å². The van der Waals surface area contributed by atoms with Gasteiger partial charge in [-0.2, -0.15) is 0 Å². The van der Waals surface area contributed by atoms with Gasteiger partial charge < -0.3 is 20.1 Å². The minimum atomic E-state index is -0.386. The number of rotatable bonds is 5. The van der Waals surface area contributed by atoms with Gasteiger partial charge in [0.05, 0.1) is 18.8 Å². The number of anilines is 1. The van der Waals surface area contributed by atoms with Crippen molar-refractivity contribution in [1.82, 2.24) is 5.32 Å².